The Balaban J connectivity index is 1.22. The van der Waals surface area contributed by atoms with Crippen LogP contribution in [0.2, 0.25) is 5.02 Å². The number of hydrogen-bond donors (Lipinski definition) is 3. The van der Waals surface area contributed by atoms with Gasteiger partial charge in [-0.1, -0.05) is 11.6 Å². The van der Waals surface area contributed by atoms with Crippen LogP contribution in [0, 0.1) is 5.92 Å². The Labute approximate surface area is 203 Å². The number of aromatic hydroxyl groups is 1. The number of phenols is 1. The first-order valence-electron chi connectivity index (χ1n) is 11.3. The largest absolute Gasteiger partial charge is 0.506 e. The number of phenolic OH excluding ortho intramolecular Hbond substituents is 1. The summed E-state index contributed by atoms with van der Waals surface area (Å²) < 4.78 is 0. The van der Waals surface area contributed by atoms with Crippen molar-refractivity contribution in [2.75, 3.05) is 56.0 Å². The fourth-order valence-electron chi connectivity index (χ4n) is 4.38. The Bertz CT molecular complexity index is 1070. The van der Waals surface area contributed by atoms with Gasteiger partial charge in [-0.05, 0) is 55.4 Å². The predicted molar refractivity (Wildman–Crippen MR) is 129 cm³/mol. The van der Waals surface area contributed by atoms with Gasteiger partial charge in [0.25, 0.3) is 0 Å². The third-order valence-corrected chi connectivity index (χ3v) is 6.71. The van der Waals surface area contributed by atoms with E-state index in [4.69, 9.17) is 11.6 Å². The highest BCUT2D eigenvalue weighted by Crippen LogP contribution is 2.27. The minimum absolute atomic E-state index is 0.0329. The van der Waals surface area contributed by atoms with E-state index in [1.165, 1.54) is 12.1 Å². The van der Waals surface area contributed by atoms with Crippen molar-refractivity contribution in [3.05, 3.63) is 53.1 Å². The standard InChI is InChI=1S/C24H28ClN5O4/c25-20-13-18(3-6-21(20)31)27-24(34)17-7-8-28(14-17)15-22(32)30-11-9-29(10-12-30)19-4-1-16(2-5-19)23(26)33/h1-6,13,17,31H,7-12,14-15H2,(H2,26,33)(H,27,34)/p+1. The van der Waals surface area contributed by atoms with Crippen molar-refractivity contribution in [1.82, 2.24) is 9.80 Å². The minimum Gasteiger partial charge on any atom is -0.506 e. The summed E-state index contributed by atoms with van der Waals surface area (Å²) in [6, 6.07) is 11.9. The Hall–Kier alpha value is -3.14. The first kappa shape index (κ1) is 24.0. The van der Waals surface area contributed by atoms with Crippen LogP contribution in [0.15, 0.2) is 42.5 Å². The molecule has 4 rings (SSSR count). The molecule has 2 heterocycles. The number of quaternary nitrogens is 1. The molecule has 10 heteroatoms. The molecule has 0 saturated carbocycles. The number of piperazine rings is 1. The van der Waals surface area contributed by atoms with E-state index in [1.807, 2.05) is 21.9 Å². The predicted octanol–water partition coefficient (Wildman–Crippen LogP) is 1.04. The van der Waals surface area contributed by atoms with Crippen molar-refractivity contribution in [1.29, 1.82) is 0 Å². The molecular formula is C24H29ClN5O4+. The molecule has 2 saturated heterocycles. The number of hydrogen-bond acceptors (Lipinski definition) is 6. The average molecular weight is 487 g/mol. The smallest absolute Gasteiger partial charge is 0.340 e. The zero-order valence-electron chi connectivity index (χ0n) is 18.9. The van der Waals surface area contributed by atoms with Gasteiger partial charge in [-0.3, -0.25) is 20.2 Å². The summed E-state index contributed by atoms with van der Waals surface area (Å²) in [5, 5.41) is 12.5. The highest BCUT2D eigenvalue weighted by atomic mass is 35.5. The molecule has 3 amide bonds. The molecule has 0 aliphatic carbocycles. The van der Waals surface area contributed by atoms with Crippen LogP contribution in [0.1, 0.15) is 16.8 Å². The molecule has 34 heavy (non-hydrogen) atoms. The Kier molecular flexibility index (Phi) is 7.35. The number of rotatable bonds is 6. The average Bonchev–Trinajstić information content (AvgIpc) is 3.30. The summed E-state index contributed by atoms with van der Waals surface area (Å²) in [5.41, 5.74) is 5.57. The van der Waals surface area contributed by atoms with Crippen LogP contribution in [0.25, 0.3) is 0 Å². The molecule has 2 aromatic carbocycles. The monoisotopic (exact) mass is 486 g/mol. The molecule has 2 aliphatic heterocycles. The van der Waals surface area contributed by atoms with Gasteiger partial charge in [0.15, 0.2) is 0 Å². The molecule has 0 radical (unpaired) electrons. The maximum atomic E-state index is 12.8. The highest BCUT2D eigenvalue weighted by molar-refractivity contribution is 6.32. The number of carbonyl (C=O) groups excluding carboxylic acids is 3. The van der Waals surface area contributed by atoms with Crippen molar-refractivity contribution in [3.8, 4) is 5.75 Å². The first-order chi connectivity index (χ1) is 16.3. The number of halogens is 1. The van der Waals surface area contributed by atoms with Crippen LogP contribution in [-0.4, -0.2) is 78.4 Å². The van der Waals surface area contributed by atoms with Crippen molar-refractivity contribution < 1.29 is 25.2 Å². The molecule has 0 bridgehead atoms. The lowest BCUT2D eigenvalue weighted by Crippen LogP contribution is -2.56. The second-order valence-electron chi connectivity index (χ2n) is 8.71. The lowest BCUT2D eigenvalue weighted by atomic mass is 10.1. The van der Waals surface area contributed by atoms with E-state index in [9.17, 15) is 19.5 Å². The summed E-state index contributed by atoms with van der Waals surface area (Å²) >= 11 is 5.90. The van der Waals surface area contributed by atoms with Gasteiger partial charge in [0.1, 0.15) is 5.75 Å². The number of nitrogens with zero attached hydrogens (tertiary/aromatic N) is 3. The molecule has 5 N–H and O–H groups in total. The normalized spacial score (nSPS) is 18.7. The maximum Gasteiger partial charge on any atom is 0.340 e. The molecule has 1 atom stereocenters. The van der Waals surface area contributed by atoms with Crippen molar-refractivity contribution >= 4 is 40.7 Å². The third kappa shape index (κ3) is 5.67. The van der Waals surface area contributed by atoms with Crippen LogP contribution in [-0.2, 0) is 9.59 Å². The molecular weight excluding hydrogens is 458 g/mol. The maximum absolute atomic E-state index is 12.8. The van der Waals surface area contributed by atoms with Gasteiger partial charge in [-0.2, -0.15) is 0 Å². The van der Waals surface area contributed by atoms with Crippen molar-refractivity contribution in [2.45, 2.75) is 6.42 Å². The molecule has 9 nitrogen and oxygen atoms in total. The number of amides is 3. The van der Waals surface area contributed by atoms with E-state index in [0.717, 1.165) is 18.8 Å². The van der Waals surface area contributed by atoms with E-state index in [0.29, 0.717) is 50.4 Å². The van der Waals surface area contributed by atoms with Crippen LogP contribution >= 0.6 is 11.6 Å². The Morgan fingerprint density at radius 3 is 2.38 bits per heavy atom. The molecule has 180 valence electrons. The molecule has 2 fully saturated rings. The number of carbonyl (C=O) groups is 3. The minimum atomic E-state index is -0.203. The zero-order chi connectivity index (χ0) is 24.2. The van der Waals surface area contributed by atoms with Gasteiger partial charge < -0.3 is 20.2 Å². The van der Waals surface area contributed by atoms with Crippen LogP contribution < -0.4 is 16.0 Å². The third-order valence-electron chi connectivity index (χ3n) is 6.40. The van der Waals surface area contributed by atoms with E-state index < -0.39 is 0 Å². The summed E-state index contributed by atoms with van der Waals surface area (Å²) in [6.45, 7) is 4.24. The molecule has 2 aromatic rings. The number of likely N-dealkylation sites (tertiary alicyclic amines) is 1. The number of anilines is 2. The van der Waals surface area contributed by atoms with Crippen LogP contribution in [0.3, 0.4) is 0 Å². The van der Waals surface area contributed by atoms with Crippen molar-refractivity contribution in [2.24, 2.45) is 5.92 Å². The fraction of sp³-hybridized carbons (Fsp3) is 0.375. The van der Waals surface area contributed by atoms with Gasteiger partial charge >= 0.3 is 5.91 Å². The summed E-state index contributed by atoms with van der Waals surface area (Å²) in [6.07, 6.45) is 0.685. The lowest BCUT2D eigenvalue weighted by molar-refractivity contribution is -0.255. The van der Waals surface area contributed by atoms with E-state index in [-0.39, 0.29) is 34.4 Å². The Morgan fingerprint density at radius 1 is 1.03 bits per heavy atom. The summed E-state index contributed by atoms with van der Waals surface area (Å²) in [5.74, 6) is -0.478. The van der Waals surface area contributed by atoms with E-state index in [1.54, 1.807) is 18.2 Å². The topological polar surface area (TPSA) is 121 Å². The second-order valence-corrected chi connectivity index (χ2v) is 9.12. The quantitative estimate of drug-likeness (QED) is 0.524. The second kappa shape index (κ2) is 10.4. The van der Waals surface area contributed by atoms with Gasteiger partial charge in [0, 0.05) is 44.1 Å². The molecule has 0 aromatic heterocycles. The summed E-state index contributed by atoms with van der Waals surface area (Å²) in [4.78, 5) is 42.9. The molecule has 1 unspecified atom stereocenters. The number of benzene rings is 2. The van der Waals surface area contributed by atoms with Crippen LogP contribution in [0.4, 0.5) is 11.4 Å². The molecule has 2 aliphatic rings. The van der Waals surface area contributed by atoms with Gasteiger partial charge in [-0.15, -0.1) is 0 Å². The number of nitrogens with one attached hydrogen (secondary N) is 1. The van der Waals surface area contributed by atoms with E-state index >= 15 is 0 Å². The zero-order valence-corrected chi connectivity index (χ0v) is 19.6. The fourth-order valence-corrected chi connectivity index (χ4v) is 4.56. The van der Waals surface area contributed by atoms with Crippen LogP contribution in [0.5, 0.6) is 5.75 Å². The first-order valence-corrected chi connectivity index (χ1v) is 11.7. The SMILES string of the molecule is [NH3+]C(=O)c1ccc(N2CCN(C(=O)CN3CCC(C(=O)Nc4ccc(O)c(Cl)c4)C3)CC2)cc1. The lowest BCUT2D eigenvalue weighted by Gasteiger charge is -2.36. The van der Waals surface area contributed by atoms with Gasteiger partial charge in [0.2, 0.25) is 11.8 Å². The molecule has 0 spiro atoms. The van der Waals surface area contributed by atoms with Gasteiger partial charge in [0.05, 0.1) is 23.0 Å². The Morgan fingerprint density at radius 2 is 1.74 bits per heavy atom. The van der Waals surface area contributed by atoms with E-state index in [2.05, 4.69) is 16.0 Å². The van der Waals surface area contributed by atoms with Gasteiger partial charge in [-0.25, -0.2) is 4.79 Å². The van der Waals surface area contributed by atoms with Crippen molar-refractivity contribution in [3.63, 3.8) is 0 Å². The summed E-state index contributed by atoms with van der Waals surface area (Å²) in [7, 11) is 0. The highest BCUT2D eigenvalue weighted by Gasteiger charge is 2.31.